The van der Waals surface area contributed by atoms with Crippen LogP contribution in [0.1, 0.15) is 33.8 Å². The van der Waals surface area contributed by atoms with Crippen LogP contribution in [-0.2, 0) is 6.42 Å². The molecule has 3 heterocycles. The van der Waals surface area contributed by atoms with Crippen LogP contribution >= 0.6 is 11.3 Å². The first kappa shape index (κ1) is 19.1. The molecular formula is C25H25N3OS. The standard InChI is InChI=1S/C25H25N3OS/c1-18-23(30-25-26-22(17-28(18)25)21-10-6-3-7-11-21)24(29)27-14-12-20(13-15-27)16-19-8-4-2-5-9-19/h2-11,17,20H,12-16H2,1H3. The molecule has 1 fully saturated rings. The lowest BCUT2D eigenvalue weighted by molar-refractivity contribution is 0.0694. The number of rotatable bonds is 4. The summed E-state index contributed by atoms with van der Waals surface area (Å²) in [5, 5.41) is 0. The van der Waals surface area contributed by atoms with Crippen LogP contribution in [-0.4, -0.2) is 33.3 Å². The minimum Gasteiger partial charge on any atom is -0.338 e. The van der Waals surface area contributed by atoms with Gasteiger partial charge in [-0.15, -0.1) is 0 Å². The summed E-state index contributed by atoms with van der Waals surface area (Å²) in [6, 6.07) is 20.8. The van der Waals surface area contributed by atoms with Crippen molar-refractivity contribution in [1.82, 2.24) is 14.3 Å². The Bertz CT molecular complexity index is 1160. The maximum atomic E-state index is 13.2. The third-order valence-corrected chi connectivity index (χ3v) is 7.23. The highest BCUT2D eigenvalue weighted by Gasteiger charge is 2.27. The molecule has 0 bridgehead atoms. The van der Waals surface area contributed by atoms with E-state index in [0.29, 0.717) is 5.92 Å². The van der Waals surface area contributed by atoms with Gasteiger partial charge in [0, 0.05) is 30.5 Å². The minimum atomic E-state index is 0.155. The Kier molecular flexibility index (Phi) is 5.13. The molecule has 30 heavy (non-hydrogen) atoms. The van der Waals surface area contributed by atoms with Crippen LogP contribution in [0.25, 0.3) is 16.2 Å². The molecule has 0 aliphatic carbocycles. The highest BCUT2D eigenvalue weighted by atomic mass is 32.1. The van der Waals surface area contributed by atoms with Crippen LogP contribution in [0.4, 0.5) is 0 Å². The number of carbonyl (C=O) groups is 1. The molecule has 2 aromatic carbocycles. The number of hydrogen-bond acceptors (Lipinski definition) is 3. The molecule has 2 aromatic heterocycles. The Labute approximate surface area is 180 Å². The van der Waals surface area contributed by atoms with E-state index in [1.807, 2.05) is 36.2 Å². The van der Waals surface area contributed by atoms with Crippen molar-refractivity contribution >= 4 is 22.2 Å². The molecule has 0 unspecified atom stereocenters. The summed E-state index contributed by atoms with van der Waals surface area (Å²) in [5.41, 5.74) is 4.43. The van der Waals surface area contributed by atoms with Gasteiger partial charge in [-0.3, -0.25) is 9.20 Å². The van der Waals surface area contributed by atoms with Crippen molar-refractivity contribution in [1.29, 1.82) is 0 Å². The summed E-state index contributed by atoms with van der Waals surface area (Å²) in [4.78, 5) is 21.7. The number of imidazole rings is 1. The number of thiazole rings is 1. The molecule has 1 aliphatic rings. The predicted octanol–water partition coefficient (Wildman–Crippen LogP) is 5.47. The van der Waals surface area contributed by atoms with Crippen LogP contribution < -0.4 is 0 Å². The molecule has 0 N–H and O–H groups in total. The van der Waals surface area contributed by atoms with Gasteiger partial charge in [-0.25, -0.2) is 4.98 Å². The summed E-state index contributed by atoms with van der Waals surface area (Å²) in [5.74, 6) is 0.814. The fourth-order valence-corrected chi connectivity index (χ4v) is 5.40. The van der Waals surface area contributed by atoms with E-state index in [1.165, 1.54) is 16.9 Å². The number of piperidine rings is 1. The maximum absolute atomic E-state index is 13.2. The Morgan fingerprint density at radius 3 is 2.37 bits per heavy atom. The molecule has 152 valence electrons. The maximum Gasteiger partial charge on any atom is 0.265 e. The van der Waals surface area contributed by atoms with Crippen LogP contribution in [0.3, 0.4) is 0 Å². The topological polar surface area (TPSA) is 37.6 Å². The number of aromatic nitrogens is 2. The number of likely N-dealkylation sites (tertiary alicyclic amines) is 1. The highest BCUT2D eigenvalue weighted by molar-refractivity contribution is 7.19. The molecule has 1 saturated heterocycles. The van der Waals surface area contributed by atoms with Gasteiger partial charge in [0.05, 0.1) is 5.69 Å². The van der Waals surface area contributed by atoms with E-state index >= 15 is 0 Å². The zero-order valence-electron chi connectivity index (χ0n) is 17.1. The van der Waals surface area contributed by atoms with E-state index in [-0.39, 0.29) is 5.91 Å². The van der Waals surface area contributed by atoms with Crippen molar-refractivity contribution in [3.63, 3.8) is 0 Å². The first-order valence-corrected chi connectivity index (χ1v) is 11.4. The van der Waals surface area contributed by atoms with E-state index in [0.717, 1.165) is 59.1 Å². The van der Waals surface area contributed by atoms with Gasteiger partial charge in [0.25, 0.3) is 5.91 Å². The zero-order valence-corrected chi connectivity index (χ0v) is 17.9. The number of benzene rings is 2. The summed E-state index contributed by atoms with van der Waals surface area (Å²) in [7, 11) is 0. The second-order valence-electron chi connectivity index (χ2n) is 8.09. The van der Waals surface area contributed by atoms with Gasteiger partial charge in [-0.2, -0.15) is 0 Å². The van der Waals surface area contributed by atoms with Gasteiger partial charge in [0.1, 0.15) is 4.88 Å². The van der Waals surface area contributed by atoms with E-state index in [1.54, 1.807) is 0 Å². The van der Waals surface area contributed by atoms with Gasteiger partial charge in [-0.05, 0) is 37.7 Å². The van der Waals surface area contributed by atoms with Crippen molar-refractivity contribution in [3.05, 3.63) is 83.0 Å². The lowest BCUT2D eigenvalue weighted by atomic mass is 9.90. The normalized spacial score (nSPS) is 15.0. The monoisotopic (exact) mass is 415 g/mol. The Morgan fingerprint density at radius 1 is 1.03 bits per heavy atom. The van der Waals surface area contributed by atoms with E-state index in [4.69, 9.17) is 4.98 Å². The zero-order chi connectivity index (χ0) is 20.5. The third-order valence-electron chi connectivity index (χ3n) is 6.09. The van der Waals surface area contributed by atoms with Gasteiger partial charge in [0.2, 0.25) is 0 Å². The molecule has 0 spiro atoms. The third kappa shape index (κ3) is 3.65. The smallest absolute Gasteiger partial charge is 0.265 e. The summed E-state index contributed by atoms with van der Waals surface area (Å²) in [6.45, 7) is 3.70. The second kappa shape index (κ2) is 8.07. The number of aryl methyl sites for hydroxylation is 1. The average Bonchev–Trinajstić information content (AvgIpc) is 3.35. The fourth-order valence-electron chi connectivity index (χ4n) is 4.33. The molecule has 0 saturated carbocycles. The van der Waals surface area contributed by atoms with E-state index in [2.05, 4.69) is 46.9 Å². The van der Waals surface area contributed by atoms with Crippen LogP contribution in [0.15, 0.2) is 66.9 Å². The Morgan fingerprint density at radius 2 is 1.70 bits per heavy atom. The molecular weight excluding hydrogens is 390 g/mol. The molecule has 1 amide bonds. The SMILES string of the molecule is Cc1c(C(=O)N2CCC(Cc3ccccc3)CC2)sc2nc(-c3ccccc3)cn12. The quantitative estimate of drug-likeness (QED) is 0.443. The molecule has 5 heteroatoms. The molecule has 5 rings (SSSR count). The summed E-state index contributed by atoms with van der Waals surface area (Å²) >= 11 is 1.51. The highest BCUT2D eigenvalue weighted by Crippen LogP contribution is 2.29. The van der Waals surface area contributed by atoms with Crippen LogP contribution in [0, 0.1) is 12.8 Å². The molecule has 0 radical (unpaired) electrons. The number of nitrogens with zero attached hydrogens (tertiary/aromatic N) is 3. The van der Waals surface area contributed by atoms with E-state index in [9.17, 15) is 4.79 Å². The summed E-state index contributed by atoms with van der Waals surface area (Å²) < 4.78 is 2.06. The van der Waals surface area contributed by atoms with Gasteiger partial charge in [0.15, 0.2) is 4.96 Å². The van der Waals surface area contributed by atoms with Gasteiger partial charge in [-0.1, -0.05) is 72.0 Å². The average molecular weight is 416 g/mol. The van der Waals surface area contributed by atoms with Crippen molar-refractivity contribution in [2.24, 2.45) is 5.92 Å². The van der Waals surface area contributed by atoms with Gasteiger partial charge >= 0.3 is 0 Å². The molecule has 1 aliphatic heterocycles. The van der Waals surface area contributed by atoms with Gasteiger partial charge < -0.3 is 4.90 Å². The predicted molar refractivity (Wildman–Crippen MR) is 122 cm³/mol. The Hall–Kier alpha value is -2.92. The number of fused-ring (bicyclic) bond motifs is 1. The van der Waals surface area contributed by atoms with Crippen LogP contribution in [0.2, 0.25) is 0 Å². The number of carbonyl (C=O) groups excluding carboxylic acids is 1. The van der Waals surface area contributed by atoms with Crippen molar-refractivity contribution in [2.75, 3.05) is 13.1 Å². The number of hydrogen-bond donors (Lipinski definition) is 0. The first-order valence-electron chi connectivity index (χ1n) is 10.6. The lowest BCUT2D eigenvalue weighted by Crippen LogP contribution is -2.38. The molecule has 0 atom stereocenters. The molecule has 4 aromatic rings. The second-order valence-corrected chi connectivity index (χ2v) is 9.06. The van der Waals surface area contributed by atoms with E-state index < -0.39 is 0 Å². The van der Waals surface area contributed by atoms with Crippen molar-refractivity contribution in [2.45, 2.75) is 26.2 Å². The minimum absolute atomic E-state index is 0.155. The Balaban J connectivity index is 1.28. The number of amides is 1. The van der Waals surface area contributed by atoms with Crippen molar-refractivity contribution in [3.8, 4) is 11.3 Å². The van der Waals surface area contributed by atoms with Crippen LogP contribution in [0.5, 0.6) is 0 Å². The lowest BCUT2D eigenvalue weighted by Gasteiger charge is -2.32. The summed E-state index contributed by atoms with van der Waals surface area (Å²) in [6.07, 6.45) is 5.29. The molecule has 4 nitrogen and oxygen atoms in total. The first-order chi connectivity index (χ1) is 14.7. The largest absolute Gasteiger partial charge is 0.338 e. The fraction of sp³-hybridized carbons (Fsp3) is 0.280. The van der Waals surface area contributed by atoms with Crippen molar-refractivity contribution < 1.29 is 4.79 Å².